The van der Waals surface area contributed by atoms with Gasteiger partial charge in [-0.3, -0.25) is 0 Å². The molecule has 1 aromatic heterocycles. The number of aromatic nitrogens is 2. The molecule has 0 amide bonds. The van der Waals surface area contributed by atoms with Crippen LogP contribution in [0, 0.1) is 0 Å². The zero-order valence-corrected chi connectivity index (χ0v) is 12.5. The van der Waals surface area contributed by atoms with Crippen molar-refractivity contribution in [2.45, 2.75) is 12.2 Å². The molecule has 0 aromatic carbocycles. The Labute approximate surface area is 129 Å². The second-order valence-electron chi connectivity index (χ2n) is 5.18. The van der Waals surface area contributed by atoms with Gasteiger partial charge in [-0.2, -0.15) is 0 Å². The first-order chi connectivity index (χ1) is 10.9. The third kappa shape index (κ3) is 4.51. The second kappa shape index (κ2) is 8.23. The molecule has 8 heteroatoms. The van der Waals surface area contributed by atoms with E-state index >= 15 is 0 Å². The lowest BCUT2D eigenvalue weighted by Gasteiger charge is -2.24. The van der Waals surface area contributed by atoms with Crippen molar-refractivity contribution < 1.29 is 18.9 Å². The fourth-order valence-corrected chi connectivity index (χ4v) is 2.31. The molecular weight excluding hydrogens is 288 g/mol. The summed E-state index contributed by atoms with van der Waals surface area (Å²) in [5.41, 5.74) is 0. The first-order valence-corrected chi connectivity index (χ1v) is 7.63. The molecule has 0 aliphatic carbocycles. The van der Waals surface area contributed by atoms with Gasteiger partial charge in [-0.15, -0.1) is 0 Å². The SMILES string of the molecule is c1cnc(OC[C@H]2CNCCO2)c(OC[C@H]2CNCCO2)n1. The van der Waals surface area contributed by atoms with Crippen molar-refractivity contribution in [1.29, 1.82) is 0 Å². The number of nitrogens with zero attached hydrogens (tertiary/aromatic N) is 2. The molecule has 3 heterocycles. The lowest BCUT2D eigenvalue weighted by molar-refractivity contribution is -0.00739. The van der Waals surface area contributed by atoms with Gasteiger partial charge in [-0.05, 0) is 0 Å². The minimum atomic E-state index is 0.0227. The number of hydrogen-bond donors (Lipinski definition) is 2. The molecule has 2 aliphatic heterocycles. The molecule has 122 valence electrons. The standard InChI is InChI=1S/C14H22N4O4/c1-2-18-14(22-10-12-8-16-4-6-20-12)13(17-1)21-9-11-7-15-3-5-19-11/h1-2,11-12,15-16H,3-10H2/t11-,12-/m1/s1. The zero-order valence-electron chi connectivity index (χ0n) is 12.5. The molecule has 2 aliphatic rings. The number of nitrogens with one attached hydrogen (secondary N) is 2. The minimum Gasteiger partial charge on any atom is -0.471 e. The van der Waals surface area contributed by atoms with Crippen LogP contribution in [0.1, 0.15) is 0 Å². The quantitative estimate of drug-likeness (QED) is 0.707. The lowest BCUT2D eigenvalue weighted by Crippen LogP contribution is -2.42. The van der Waals surface area contributed by atoms with Crippen molar-refractivity contribution in [2.24, 2.45) is 0 Å². The predicted octanol–water partition coefficient (Wildman–Crippen LogP) is -0.789. The maximum absolute atomic E-state index is 5.70. The van der Waals surface area contributed by atoms with E-state index in [9.17, 15) is 0 Å². The van der Waals surface area contributed by atoms with Crippen LogP contribution < -0.4 is 20.1 Å². The first-order valence-electron chi connectivity index (χ1n) is 7.63. The van der Waals surface area contributed by atoms with Crippen molar-refractivity contribution >= 4 is 0 Å². The van der Waals surface area contributed by atoms with Crippen LogP contribution >= 0.6 is 0 Å². The molecule has 3 rings (SSSR count). The summed E-state index contributed by atoms with van der Waals surface area (Å²) in [5.74, 6) is 0.779. The van der Waals surface area contributed by atoms with E-state index < -0.39 is 0 Å². The molecule has 0 bridgehead atoms. The first kappa shape index (κ1) is 15.4. The molecule has 2 N–H and O–H groups in total. The zero-order chi connectivity index (χ0) is 15.0. The third-order valence-electron chi connectivity index (χ3n) is 3.45. The molecule has 2 atom stereocenters. The van der Waals surface area contributed by atoms with E-state index in [1.807, 2.05) is 0 Å². The predicted molar refractivity (Wildman–Crippen MR) is 78.2 cm³/mol. The third-order valence-corrected chi connectivity index (χ3v) is 3.45. The van der Waals surface area contributed by atoms with Gasteiger partial charge in [0.2, 0.25) is 0 Å². The highest BCUT2D eigenvalue weighted by atomic mass is 16.6. The highest BCUT2D eigenvalue weighted by molar-refractivity contribution is 5.24. The molecule has 22 heavy (non-hydrogen) atoms. The van der Waals surface area contributed by atoms with Gasteiger partial charge in [0.05, 0.1) is 13.2 Å². The Bertz CT molecular complexity index is 409. The summed E-state index contributed by atoms with van der Waals surface area (Å²) >= 11 is 0. The van der Waals surface area contributed by atoms with Crippen molar-refractivity contribution in [3.63, 3.8) is 0 Å². The van der Waals surface area contributed by atoms with E-state index in [1.165, 1.54) is 0 Å². The van der Waals surface area contributed by atoms with Crippen LogP contribution in [0.15, 0.2) is 12.4 Å². The molecule has 0 saturated carbocycles. The summed E-state index contributed by atoms with van der Waals surface area (Å²) < 4.78 is 22.6. The topological polar surface area (TPSA) is 86.8 Å². The largest absolute Gasteiger partial charge is 0.471 e. The second-order valence-corrected chi connectivity index (χ2v) is 5.18. The van der Waals surface area contributed by atoms with Crippen molar-refractivity contribution in [3.05, 3.63) is 12.4 Å². The van der Waals surface area contributed by atoms with E-state index in [2.05, 4.69) is 20.6 Å². The van der Waals surface area contributed by atoms with Gasteiger partial charge < -0.3 is 29.6 Å². The van der Waals surface area contributed by atoms with Gasteiger partial charge in [0.25, 0.3) is 11.8 Å². The van der Waals surface area contributed by atoms with Gasteiger partial charge in [-0.25, -0.2) is 9.97 Å². The smallest absolute Gasteiger partial charge is 0.278 e. The summed E-state index contributed by atoms with van der Waals surface area (Å²) in [6.45, 7) is 5.55. The fraction of sp³-hybridized carbons (Fsp3) is 0.714. The Morgan fingerprint density at radius 3 is 1.82 bits per heavy atom. The molecule has 2 fully saturated rings. The van der Waals surface area contributed by atoms with Crippen LogP contribution in [-0.4, -0.2) is 74.8 Å². The summed E-state index contributed by atoms with van der Waals surface area (Å²) in [7, 11) is 0. The van der Waals surface area contributed by atoms with Gasteiger partial charge in [-0.1, -0.05) is 0 Å². The molecule has 8 nitrogen and oxygen atoms in total. The highest BCUT2D eigenvalue weighted by Gasteiger charge is 2.18. The van der Waals surface area contributed by atoms with Crippen LogP contribution in [0.25, 0.3) is 0 Å². The summed E-state index contributed by atoms with van der Waals surface area (Å²) in [6.07, 6.45) is 3.21. The van der Waals surface area contributed by atoms with E-state index in [-0.39, 0.29) is 12.2 Å². The van der Waals surface area contributed by atoms with Crippen LogP contribution in [0.2, 0.25) is 0 Å². The monoisotopic (exact) mass is 310 g/mol. The van der Waals surface area contributed by atoms with Crippen molar-refractivity contribution in [3.8, 4) is 11.8 Å². The molecule has 2 saturated heterocycles. The molecule has 1 aromatic rings. The Hall–Kier alpha value is -1.48. The Morgan fingerprint density at radius 1 is 0.909 bits per heavy atom. The van der Waals surface area contributed by atoms with E-state index in [4.69, 9.17) is 18.9 Å². The summed E-state index contributed by atoms with van der Waals surface area (Å²) in [5, 5.41) is 6.52. The van der Waals surface area contributed by atoms with E-state index in [1.54, 1.807) is 12.4 Å². The highest BCUT2D eigenvalue weighted by Crippen LogP contribution is 2.21. The van der Waals surface area contributed by atoms with Crippen LogP contribution in [0.5, 0.6) is 11.8 Å². The van der Waals surface area contributed by atoms with Crippen molar-refractivity contribution in [2.75, 3.05) is 52.6 Å². The fourth-order valence-electron chi connectivity index (χ4n) is 2.31. The van der Waals surface area contributed by atoms with Crippen LogP contribution in [-0.2, 0) is 9.47 Å². The average Bonchev–Trinajstić information content (AvgIpc) is 2.61. The maximum Gasteiger partial charge on any atom is 0.278 e. The summed E-state index contributed by atoms with van der Waals surface area (Å²) in [4.78, 5) is 8.37. The lowest BCUT2D eigenvalue weighted by atomic mass is 10.3. The van der Waals surface area contributed by atoms with E-state index in [0.29, 0.717) is 38.2 Å². The number of hydrogen-bond acceptors (Lipinski definition) is 8. The molecule has 0 spiro atoms. The normalized spacial score (nSPS) is 25.6. The van der Waals surface area contributed by atoms with Crippen LogP contribution in [0.4, 0.5) is 0 Å². The number of morpholine rings is 2. The van der Waals surface area contributed by atoms with Gasteiger partial charge in [0, 0.05) is 38.6 Å². The summed E-state index contributed by atoms with van der Waals surface area (Å²) in [6, 6.07) is 0. The van der Waals surface area contributed by atoms with Gasteiger partial charge in [0.1, 0.15) is 25.4 Å². The van der Waals surface area contributed by atoms with Crippen molar-refractivity contribution in [1.82, 2.24) is 20.6 Å². The van der Waals surface area contributed by atoms with Crippen LogP contribution in [0.3, 0.4) is 0 Å². The average molecular weight is 310 g/mol. The number of rotatable bonds is 6. The van der Waals surface area contributed by atoms with E-state index in [0.717, 1.165) is 26.2 Å². The Balaban J connectivity index is 1.50. The molecule has 0 radical (unpaired) electrons. The Morgan fingerprint density at radius 2 is 1.41 bits per heavy atom. The maximum atomic E-state index is 5.70. The van der Waals surface area contributed by atoms with Gasteiger partial charge in [0.15, 0.2) is 0 Å². The molecule has 0 unspecified atom stereocenters. The Kier molecular flexibility index (Phi) is 5.77. The minimum absolute atomic E-state index is 0.0227. The number of ether oxygens (including phenoxy) is 4. The van der Waals surface area contributed by atoms with Gasteiger partial charge >= 0.3 is 0 Å². The molecular formula is C14H22N4O4.